The summed E-state index contributed by atoms with van der Waals surface area (Å²) in [5.41, 5.74) is 1.87. The van der Waals surface area contributed by atoms with Gasteiger partial charge in [-0.3, -0.25) is 14.4 Å². The number of rotatable bonds is 6. The van der Waals surface area contributed by atoms with Gasteiger partial charge in [0, 0.05) is 50.1 Å². The number of hydrogen-bond acceptors (Lipinski definition) is 5. The lowest BCUT2D eigenvalue weighted by Crippen LogP contribution is -2.34. The Kier molecular flexibility index (Phi) is 7.09. The number of methoxy groups -OCH3 is 1. The molecule has 0 spiro atoms. The smallest absolute Gasteiger partial charge is 0.272 e. The number of aryl methyl sites for hydroxylation is 1. The summed E-state index contributed by atoms with van der Waals surface area (Å²) in [4.78, 5) is 44.6. The molecule has 0 bridgehead atoms. The fourth-order valence-electron chi connectivity index (χ4n) is 3.74. The van der Waals surface area contributed by atoms with Gasteiger partial charge in [-0.1, -0.05) is 19.9 Å². The first-order valence-electron chi connectivity index (χ1n) is 10.6. The SMILES string of the molecule is COc1cc(=O)n2c(c1C(=O)NCCC(C)C)CCN(C(=O)c1cccc(C)n1)CC2. The predicted octanol–water partition coefficient (Wildman–Crippen LogP) is 2.03. The maximum atomic E-state index is 13.0. The molecule has 2 aromatic heterocycles. The van der Waals surface area contributed by atoms with E-state index in [1.54, 1.807) is 21.6 Å². The van der Waals surface area contributed by atoms with Crippen molar-refractivity contribution in [1.82, 2.24) is 19.8 Å². The summed E-state index contributed by atoms with van der Waals surface area (Å²) in [6, 6.07) is 6.68. The van der Waals surface area contributed by atoms with Gasteiger partial charge in [0.05, 0.1) is 7.11 Å². The van der Waals surface area contributed by atoms with Gasteiger partial charge in [0.2, 0.25) is 0 Å². The van der Waals surface area contributed by atoms with E-state index in [4.69, 9.17) is 4.74 Å². The Morgan fingerprint density at radius 1 is 1.23 bits per heavy atom. The number of carbonyl (C=O) groups excluding carboxylic acids is 2. The molecule has 0 aromatic carbocycles. The van der Waals surface area contributed by atoms with Gasteiger partial charge >= 0.3 is 0 Å². The van der Waals surface area contributed by atoms with E-state index in [0.717, 1.165) is 12.1 Å². The Hall–Kier alpha value is -3.16. The van der Waals surface area contributed by atoms with E-state index >= 15 is 0 Å². The molecule has 2 aromatic rings. The number of nitrogens with zero attached hydrogens (tertiary/aromatic N) is 3. The summed E-state index contributed by atoms with van der Waals surface area (Å²) in [6.07, 6.45) is 1.23. The van der Waals surface area contributed by atoms with Crippen LogP contribution in [0.15, 0.2) is 29.1 Å². The van der Waals surface area contributed by atoms with E-state index in [-0.39, 0.29) is 23.1 Å². The van der Waals surface area contributed by atoms with Gasteiger partial charge in [-0.25, -0.2) is 4.98 Å². The third kappa shape index (κ3) is 5.13. The molecule has 3 rings (SSSR count). The van der Waals surface area contributed by atoms with Crippen molar-refractivity contribution in [3.05, 3.63) is 57.3 Å². The van der Waals surface area contributed by atoms with Crippen molar-refractivity contribution in [3.63, 3.8) is 0 Å². The number of aromatic nitrogens is 2. The number of fused-ring (bicyclic) bond motifs is 1. The number of nitrogens with one attached hydrogen (secondary N) is 1. The van der Waals surface area contributed by atoms with E-state index < -0.39 is 0 Å². The summed E-state index contributed by atoms with van der Waals surface area (Å²) < 4.78 is 6.95. The molecular formula is C23H30N4O4. The quantitative estimate of drug-likeness (QED) is 0.763. The van der Waals surface area contributed by atoms with Crippen LogP contribution in [0.4, 0.5) is 0 Å². The summed E-state index contributed by atoms with van der Waals surface area (Å²) in [7, 11) is 1.45. The van der Waals surface area contributed by atoms with Crippen LogP contribution in [0.2, 0.25) is 0 Å². The molecule has 0 aliphatic carbocycles. The number of hydrogen-bond donors (Lipinski definition) is 1. The molecule has 0 fully saturated rings. The van der Waals surface area contributed by atoms with Gasteiger partial charge in [0.25, 0.3) is 17.4 Å². The minimum Gasteiger partial charge on any atom is -0.496 e. The fraction of sp³-hybridized carbons (Fsp3) is 0.478. The molecule has 3 heterocycles. The zero-order valence-electron chi connectivity index (χ0n) is 18.6. The molecule has 2 amide bonds. The van der Waals surface area contributed by atoms with E-state index in [1.807, 2.05) is 13.0 Å². The average molecular weight is 427 g/mol. The first kappa shape index (κ1) is 22.5. The van der Waals surface area contributed by atoms with Crippen molar-refractivity contribution < 1.29 is 14.3 Å². The van der Waals surface area contributed by atoms with E-state index in [0.29, 0.717) is 55.5 Å². The second-order valence-corrected chi connectivity index (χ2v) is 8.17. The monoisotopic (exact) mass is 426 g/mol. The molecule has 31 heavy (non-hydrogen) atoms. The minimum atomic E-state index is -0.263. The summed E-state index contributed by atoms with van der Waals surface area (Å²) in [5.74, 6) is 0.284. The van der Waals surface area contributed by atoms with Crippen molar-refractivity contribution in [2.75, 3.05) is 26.7 Å². The second kappa shape index (κ2) is 9.76. The molecule has 0 saturated heterocycles. The lowest BCUT2D eigenvalue weighted by Gasteiger charge is -2.19. The van der Waals surface area contributed by atoms with Gasteiger partial charge in [0.1, 0.15) is 17.0 Å². The van der Waals surface area contributed by atoms with E-state index in [9.17, 15) is 14.4 Å². The van der Waals surface area contributed by atoms with Crippen molar-refractivity contribution in [3.8, 4) is 5.75 Å². The summed E-state index contributed by atoms with van der Waals surface area (Å²) >= 11 is 0. The summed E-state index contributed by atoms with van der Waals surface area (Å²) in [6.45, 7) is 7.62. The van der Waals surface area contributed by atoms with E-state index in [1.165, 1.54) is 13.2 Å². The molecule has 0 saturated carbocycles. The normalized spacial score (nSPS) is 13.5. The molecule has 0 atom stereocenters. The van der Waals surface area contributed by atoms with Crippen LogP contribution in [-0.2, 0) is 13.0 Å². The largest absolute Gasteiger partial charge is 0.496 e. The molecule has 1 aliphatic heterocycles. The number of pyridine rings is 2. The predicted molar refractivity (Wildman–Crippen MR) is 118 cm³/mol. The molecule has 8 heteroatoms. The van der Waals surface area contributed by atoms with Crippen molar-refractivity contribution in [2.45, 2.75) is 40.2 Å². The van der Waals surface area contributed by atoms with Crippen LogP contribution in [0.1, 0.15) is 52.5 Å². The van der Waals surface area contributed by atoms with Gasteiger partial charge in [-0.2, -0.15) is 0 Å². The maximum Gasteiger partial charge on any atom is 0.272 e. The number of carbonyl (C=O) groups is 2. The zero-order valence-corrected chi connectivity index (χ0v) is 18.6. The van der Waals surface area contributed by atoms with Crippen molar-refractivity contribution in [2.24, 2.45) is 5.92 Å². The molecule has 0 radical (unpaired) electrons. The molecule has 1 aliphatic rings. The van der Waals surface area contributed by atoms with Crippen molar-refractivity contribution >= 4 is 11.8 Å². The second-order valence-electron chi connectivity index (χ2n) is 8.17. The zero-order chi connectivity index (χ0) is 22.5. The first-order valence-corrected chi connectivity index (χ1v) is 10.6. The topological polar surface area (TPSA) is 93.5 Å². The van der Waals surface area contributed by atoms with Crippen LogP contribution < -0.4 is 15.6 Å². The highest BCUT2D eigenvalue weighted by Gasteiger charge is 2.27. The van der Waals surface area contributed by atoms with Crippen LogP contribution in [-0.4, -0.2) is 53.0 Å². The standard InChI is InChI=1S/C23H30N4O4/c1-15(2)8-10-24-22(29)21-18-9-11-26(23(30)17-7-5-6-16(3)25-17)12-13-27(18)20(28)14-19(21)31-4/h5-7,14-15H,8-13H2,1-4H3,(H,24,29). The minimum absolute atomic E-state index is 0.181. The molecule has 1 N–H and O–H groups in total. The third-order valence-electron chi connectivity index (χ3n) is 5.44. The lowest BCUT2D eigenvalue weighted by atomic mass is 10.1. The van der Waals surface area contributed by atoms with Crippen LogP contribution in [0.3, 0.4) is 0 Å². The Morgan fingerprint density at radius 2 is 2.00 bits per heavy atom. The Morgan fingerprint density at radius 3 is 2.68 bits per heavy atom. The highest BCUT2D eigenvalue weighted by atomic mass is 16.5. The van der Waals surface area contributed by atoms with E-state index in [2.05, 4.69) is 24.1 Å². The highest BCUT2D eigenvalue weighted by molar-refractivity contribution is 5.98. The molecular weight excluding hydrogens is 396 g/mol. The fourth-order valence-corrected chi connectivity index (χ4v) is 3.74. The van der Waals surface area contributed by atoms with Gasteiger partial charge in [-0.15, -0.1) is 0 Å². The van der Waals surface area contributed by atoms with Crippen LogP contribution in [0, 0.1) is 12.8 Å². The van der Waals surface area contributed by atoms with Gasteiger partial charge in [0.15, 0.2) is 0 Å². The Bertz CT molecular complexity index is 1030. The lowest BCUT2D eigenvalue weighted by molar-refractivity contribution is 0.0753. The van der Waals surface area contributed by atoms with Crippen LogP contribution in [0.25, 0.3) is 0 Å². The maximum absolute atomic E-state index is 13.0. The Balaban J connectivity index is 1.88. The Labute approximate surface area is 182 Å². The van der Waals surface area contributed by atoms with Crippen LogP contribution >= 0.6 is 0 Å². The molecule has 0 unspecified atom stereocenters. The average Bonchev–Trinajstić information content (AvgIpc) is 2.96. The highest BCUT2D eigenvalue weighted by Crippen LogP contribution is 2.23. The third-order valence-corrected chi connectivity index (χ3v) is 5.44. The van der Waals surface area contributed by atoms with Crippen molar-refractivity contribution in [1.29, 1.82) is 0 Å². The number of ether oxygens (including phenoxy) is 1. The molecule has 166 valence electrons. The number of amides is 2. The van der Waals surface area contributed by atoms with Gasteiger partial charge < -0.3 is 19.5 Å². The molecule has 8 nitrogen and oxygen atoms in total. The van der Waals surface area contributed by atoms with Crippen LogP contribution in [0.5, 0.6) is 5.75 Å². The first-order chi connectivity index (χ1) is 14.8. The summed E-state index contributed by atoms with van der Waals surface area (Å²) in [5, 5.41) is 2.94. The van der Waals surface area contributed by atoms with Gasteiger partial charge in [-0.05, 0) is 31.4 Å².